The molecule has 0 bridgehead atoms. The highest BCUT2D eigenvalue weighted by Crippen LogP contribution is 2.32. The van der Waals surface area contributed by atoms with E-state index < -0.39 is 0 Å². The molecular formula is C15H16O2. The largest absolute Gasteiger partial charge is 0.493 e. The van der Waals surface area contributed by atoms with E-state index in [1.54, 1.807) is 0 Å². The van der Waals surface area contributed by atoms with Crippen LogP contribution < -0.4 is 4.74 Å². The Morgan fingerprint density at radius 2 is 2.12 bits per heavy atom. The quantitative estimate of drug-likeness (QED) is 0.726. The van der Waals surface area contributed by atoms with Crippen LogP contribution in [0.1, 0.15) is 41.6 Å². The number of allylic oxidation sites excluding steroid dienone is 2. The minimum atomic E-state index is 0.168. The number of Topliss-reactive ketones (excluding diaryl/α,β-unsaturated/α-hetero) is 1. The molecule has 3 rings (SSSR count). The second kappa shape index (κ2) is 4.36. The second-order valence-electron chi connectivity index (χ2n) is 4.70. The van der Waals surface area contributed by atoms with Crippen molar-refractivity contribution in [3.63, 3.8) is 0 Å². The van der Waals surface area contributed by atoms with Crippen LogP contribution in [-0.2, 0) is 6.42 Å². The molecule has 1 aromatic rings. The van der Waals surface area contributed by atoms with E-state index in [4.69, 9.17) is 4.74 Å². The van der Waals surface area contributed by atoms with Crippen molar-refractivity contribution in [2.45, 2.75) is 32.1 Å². The van der Waals surface area contributed by atoms with E-state index >= 15 is 0 Å². The number of hydrogen-bond acceptors (Lipinski definition) is 2. The van der Waals surface area contributed by atoms with Crippen LogP contribution in [0.25, 0.3) is 0 Å². The summed E-state index contributed by atoms with van der Waals surface area (Å²) in [5.74, 6) is 0.998. The van der Waals surface area contributed by atoms with Gasteiger partial charge in [0.25, 0.3) is 0 Å². The number of ether oxygens (including phenoxy) is 1. The first kappa shape index (κ1) is 10.6. The number of rotatable bonds is 2. The highest BCUT2D eigenvalue weighted by atomic mass is 16.5. The molecule has 88 valence electrons. The van der Waals surface area contributed by atoms with Crippen LogP contribution in [0.3, 0.4) is 0 Å². The van der Waals surface area contributed by atoms with Crippen molar-refractivity contribution in [2.24, 2.45) is 0 Å². The van der Waals surface area contributed by atoms with Gasteiger partial charge in [0.05, 0.1) is 12.2 Å². The zero-order valence-corrected chi connectivity index (χ0v) is 9.87. The van der Waals surface area contributed by atoms with Crippen LogP contribution in [0.2, 0.25) is 0 Å². The lowest BCUT2D eigenvalue weighted by molar-refractivity contribution is 0.102. The van der Waals surface area contributed by atoms with Gasteiger partial charge in [0.2, 0.25) is 0 Å². The van der Waals surface area contributed by atoms with Crippen molar-refractivity contribution >= 4 is 5.78 Å². The van der Waals surface area contributed by atoms with Gasteiger partial charge in [-0.15, -0.1) is 0 Å². The lowest BCUT2D eigenvalue weighted by atomic mass is 9.96. The maximum atomic E-state index is 12.4. The lowest BCUT2D eigenvalue weighted by Crippen LogP contribution is -2.13. The minimum absolute atomic E-state index is 0.168. The summed E-state index contributed by atoms with van der Waals surface area (Å²) in [6, 6.07) is 5.93. The Labute approximate surface area is 101 Å². The van der Waals surface area contributed by atoms with Crippen molar-refractivity contribution in [3.8, 4) is 5.75 Å². The normalized spacial score (nSPS) is 18.2. The summed E-state index contributed by atoms with van der Waals surface area (Å²) in [5.41, 5.74) is 2.91. The molecule has 1 heterocycles. The molecule has 0 spiro atoms. The summed E-state index contributed by atoms with van der Waals surface area (Å²) in [7, 11) is 0. The van der Waals surface area contributed by atoms with Gasteiger partial charge in [0.15, 0.2) is 5.78 Å². The SMILES string of the molecule is O=C(C1=CCCC1)c1cccc2c1OCCC2. The molecule has 0 aromatic heterocycles. The summed E-state index contributed by atoms with van der Waals surface area (Å²) in [4.78, 5) is 12.4. The Kier molecular flexibility index (Phi) is 2.71. The van der Waals surface area contributed by atoms with E-state index in [0.29, 0.717) is 0 Å². The van der Waals surface area contributed by atoms with Crippen molar-refractivity contribution in [1.82, 2.24) is 0 Å². The van der Waals surface area contributed by atoms with Gasteiger partial charge >= 0.3 is 0 Å². The summed E-state index contributed by atoms with van der Waals surface area (Å²) >= 11 is 0. The molecule has 2 aliphatic rings. The fourth-order valence-corrected chi connectivity index (χ4v) is 2.62. The van der Waals surface area contributed by atoms with Crippen molar-refractivity contribution in [2.75, 3.05) is 6.61 Å². The first-order chi connectivity index (χ1) is 8.36. The summed E-state index contributed by atoms with van der Waals surface area (Å²) in [6.45, 7) is 0.732. The van der Waals surface area contributed by atoms with E-state index in [9.17, 15) is 4.79 Å². The molecule has 0 atom stereocenters. The molecule has 0 amide bonds. The molecule has 0 fully saturated rings. The number of para-hydroxylation sites is 1. The van der Waals surface area contributed by atoms with E-state index in [-0.39, 0.29) is 5.78 Å². The third-order valence-corrected chi connectivity index (χ3v) is 3.51. The van der Waals surface area contributed by atoms with Gasteiger partial charge in [-0.3, -0.25) is 4.79 Å². The van der Waals surface area contributed by atoms with E-state index in [0.717, 1.165) is 55.6 Å². The third-order valence-electron chi connectivity index (χ3n) is 3.51. The molecule has 2 nitrogen and oxygen atoms in total. The molecule has 2 heteroatoms. The second-order valence-corrected chi connectivity index (χ2v) is 4.70. The fraction of sp³-hybridized carbons (Fsp3) is 0.400. The number of hydrogen-bond donors (Lipinski definition) is 0. The average molecular weight is 228 g/mol. The maximum Gasteiger partial charge on any atom is 0.192 e. The Morgan fingerprint density at radius 3 is 2.94 bits per heavy atom. The molecule has 0 saturated heterocycles. The zero-order chi connectivity index (χ0) is 11.7. The van der Waals surface area contributed by atoms with Crippen LogP contribution in [0.15, 0.2) is 29.8 Å². The summed E-state index contributed by atoms with van der Waals surface area (Å²) in [5, 5.41) is 0. The van der Waals surface area contributed by atoms with Crippen LogP contribution in [-0.4, -0.2) is 12.4 Å². The lowest BCUT2D eigenvalue weighted by Gasteiger charge is -2.19. The molecule has 0 radical (unpaired) electrons. The van der Waals surface area contributed by atoms with E-state index in [1.165, 1.54) is 5.56 Å². The smallest absolute Gasteiger partial charge is 0.192 e. The standard InChI is InChI=1S/C15H16O2/c16-14(11-5-1-2-6-11)13-9-3-7-12-8-4-10-17-15(12)13/h3,5,7,9H,1-2,4,6,8,10H2. The number of carbonyl (C=O) groups excluding carboxylic acids is 1. The van der Waals surface area contributed by atoms with Crippen molar-refractivity contribution < 1.29 is 9.53 Å². The van der Waals surface area contributed by atoms with Crippen molar-refractivity contribution in [3.05, 3.63) is 41.0 Å². The molecule has 1 aliphatic heterocycles. The highest BCUT2D eigenvalue weighted by Gasteiger charge is 2.22. The summed E-state index contributed by atoms with van der Waals surface area (Å²) in [6.07, 6.45) is 7.21. The molecule has 17 heavy (non-hydrogen) atoms. The van der Waals surface area contributed by atoms with Gasteiger partial charge in [-0.25, -0.2) is 0 Å². The predicted molar refractivity (Wildman–Crippen MR) is 66.5 cm³/mol. The van der Waals surface area contributed by atoms with Gasteiger partial charge in [-0.05, 0) is 49.3 Å². The Hall–Kier alpha value is -1.57. The van der Waals surface area contributed by atoms with Crippen LogP contribution >= 0.6 is 0 Å². The molecule has 1 aromatic carbocycles. The van der Waals surface area contributed by atoms with Gasteiger partial charge in [0, 0.05) is 0 Å². The molecule has 1 aliphatic carbocycles. The van der Waals surface area contributed by atoms with Gasteiger partial charge in [-0.2, -0.15) is 0 Å². The number of fused-ring (bicyclic) bond motifs is 1. The molecule has 0 N–H and O–H groups in total. The maximum absolute atomic E-state index is 12.4. The topological polar surface area (TPSA) is 26.3 Å². The number of ketones is 1. The monoisotopic (exact) mass is 228 g/mol. The molecular weight excluding hydrogens is 212 g/mol. The first-order valence-corrected chi connectivity index (χ1v) is 6.34. The fourth-order valence-electron chi connectivity index (χ4n) is 2.62. The highest BCUT2D eigenvalue weighted by molar-refractivity contribution is 6.10. The number of aryl methyl sites for hydroxylation is 1. The number of benzene rings is 1. The average Bonchev–Trinajstić information content (AvgIpc) is 2.91. The predicted octanol–water partition coefficient (Wildman–Crippen LogP) is 3.30. The van der Waals surface area contributed by atoms with Crippen molar-refractivity contribution in [1.29, 1.82) is 0 Å². The van der Waals surface area contributed by atoms with E-state index in [2.05, 4.69) is 12.1 Å². The number of carbonyl (C=O) groups is 1. The minimum Gasteiger partial charge on any atom is -0.493 e. The van der Waals surface area contributed by atoms with Gasteiger partial charge in [-0.1, -0.05) is 18.2 Å². The Morgan fingerprint density at radius 1 is 1.18 bits per heavy atom. The zero-order valence-electron chi connectivity index (χ0n) is 9.87. The van der Waals surface area contributed by atoms with Gasteiger partial charge < -0.3 is 4.74 Å². The Balaban J connectivity index is 1.99. The first-order valence-electron chi connectivity index (χ1n) is 6.34. The Bertz CT molecular complexity index is 486. The van der Waals surface area contributed by atoms with E-state index in [1.807, 2.05) is 12.1 Å². The van der Waals surface area contributed by atoms with Crippen LogP contribution in [0, 0.1) is 0 Å². The molecule has 0 saturated carbocycles. The third kappa shape index (κ3) is 1.88. The van der Waals surface area contributed by atoms with Gasteiger partial charge in [0.1, 0.15) is 5.75 Å². The van der Waals surface area contributed by atoms with Crippen LogP contribution in [0.4, 0.5) is 0 Å². The van der Waals surface area contributed by atoms with Crippen LogP contribution in [0.5, 0.6) is 5.75 Å². The summed E-state index contributed by atoms with van der Waals surface area (Å²) < 4.78 is 5.69. The molecule has 0 unspecified atom stereocenters.